The van der Waals surface area contributed by atoms with Gasteiger partial charge in [0.25, 0.3) is 5.91 Å². The second kappa shape index (κ2) is 6.38. The zero-order valence-corrected chi connectivity index (χ0v) is 13.3. The van der Waals surface area contributed by atoms with Crippen molar-refractivity contribution >= 4 is 21.8 Å². The summed E-state index contributed by atoms with van der Waals surface area (Å²) < 4.78 is 38.6. The maximum atomic E-state index is 12.9. The van der Waals surface area contributed by atoms with Crippen LogP contribution in [0.4, 0.5) is 13.2 Å². The number of rotatable bonds is 2. The van der Waals surface area contributed by atoms with Gasteiger partial charge in [-0.25, -0.2) is 0 Å². The minimum absolute atomic E-state index is 0.0492. The van der Waals surface area contributed by atoms with E-state index in [4.69, 9.17) is 0 Å². The van der Waals surface area contributed by atoms with Gasteiger partial charge in [-0.3, -0.25) is 4.79 Å². The van der Waals surface area contributed by atoms with Gasteiger partial charge < -0.3 is 4.90 Å². The second-order valence-electron chi connectivity index (χ2n) is 5.40. The highest BCUT2D eigenvalue weighted by atomic mass is 79.9. The Morgan fingerprint density at radius 1 is 1.24 bits per heavy atom. The van der Waals surface area contributed by atoms with Gasteiger partial charge >= 0.3 is 6.18 Å². The lowest BCUT2D eigenvalue weighted by Crippen LogP contribution is -2.38. The van der Waals surface area contributed by atoms with Gasteiger partial charge in [-0.05, 0) is 31.0 Å². The van der Waals surface area contributed by atoms with Gasteiger partial charge in [0.05, 0.1) is 5.56 Å². The predicted molar refractivity (Wildman–Crippen MR) is 78.1 cm³/mol. The van der Waals surface area contributed by atoms with E-state index in [0.717, 1.165) is 38.2 Å². The third-order valence-corrected chi connectivity index (χ3v) is 4.65. The van der Waals surface area contributed by atoms with E-state index in [9.17, 15) is 18.0 Å². The van der Waals surface area contributed by atoms with E-state index in [-0.39, 0.29) is 22.0 Å². The fraction of sp³-hybridized carbons (Fsp3) is 0.533. The van der Waals surface area contributed by atoms with E-state index in [1.54, 1.807) is 11.9 Å². The van der Waals surface area contributed by atoms with Crippen molar-refractivity contribution < 1.29 is 18.0 Å². The Morgan fingerprint density at radius 3 is 2.43 bits per heavy atom. The van der Waals surface area contributed by atoms with Crippen LogP contribution >= 0.6 is 15.9 Å². The number of halogens is 4. The first-order chi connectivity index (χ1) is 9.80. The average Bonchev–Trinajstić information content (AvgIpc) is 2.46. The molecule has 0 N–H and O–H groups in total. The summed E-state index contributed by atoms with van der Waals surface area (Å²) in [6.07, 6.45) is 0.663. The molecule has 1 aliphatic rings. The lowest BCUT2D eigenvalue weighted by Gasteiger charge is -2.31. The van der Waals surface area contributed by atoms with E-state index < -0.39 is 11.7 Å². The van der Waals surface area contributed by atoms with Crippen molar-refractivity contribution in [1.29, 1.82) is 0 Å². The van der Waals surface area contributed by atoms with Gasteiger partial charge in [-0.15, -0.1) is 0 Å². The predicted octanol–water partition coefficient (Wildman–Crippen LogP) is 4.87. The minimum Gasteiger partial charge on any atom is -0.339 e. The van der Waals surface area contributed by atoms with Gasteiger partial charge in [-0.2, -0.15) is 13.2 Å². The van der Waals surface area contributed by atoms with Crippen molar-refractivity contribution in [3.05, 3.63) is 33.8 Å². The van der Waals surface area contributed by atoms with Crippen molar-refractivity contribution in [2.24, 2.45) is 0 Å². The normalized spacial score (nSPS) is 16.8. The average molecular weight is 364 g/mol. The molecule has 116 valence electrons. The van der Waals surface area contributed by atoms with E-state index in [1.807, 2.05) is 0 Å². The molecule has 1 aliphatic carbocycles. The Bertz CT molecular complexity index is 524. The number of nitrogens with zero attached hydrogens (tertiary/aromatic N) is 1. The van der Waals surface area contributed by atoms with Crippen LogP contribution in [0.5, 0.6) is 0 Å². The van der Waals surface area contributed by atoms with Crippen LogP contribution in [0.25, 0.3) is 0 Å². The van der Waals surface area contributed by atoms with E-state index >= 15 is 0 Å². The number of hydrogen-bond acceptors (Lipinski definition) is 1. The van der Waals surface area contributed by atoms with Crippen LogP contribution in [0.15, 0.2) is 22.7 Å². The highest BCUT2D eigenvalue weighted by Crippen LogP contribution is 2.35. The highest BCUT2D eigenvalue weighted by Gasteiger charge is 2.34. The third-order valence-electron chi connectivity index (χ3n) is 3.96. The van der Waals surface area contributed by atoms with Crippen LogP contribution in [0.2, 0.25) is 0 Å². The first-order valence-electron chi connectivity index (χ1n) is 6.94. The minimum atomic E-state index is -4.47. The van der Waals surface area contributed by atoms with E-state index in [1.165, 1.54) is 12.1 Å². The fourth-order valence-electron chi connectivity index (χ4n) is 2.71. The molecule has 6 heteroatoms. The first kappa shape index (κ1) is 16.3. The number of benzene rings is 1. The third kappa shape index (κ3) is 3.78. The number of carbonyl (C=O) groups is 1. The Labute approximate surface area is 130 Å². The second-order valence-corrected chi connectivity index (χ2v) is 6.25. The van der Waals surface area contributed by atoms with Crippen LogP contribution in [-0.4, -0.2) is 23.9 Å². The summed E-state index contributed by atoms with van der Waals surface area (Å²) in [6, 6.07) is 3.77. The van der Waals surface area contributed by atoms with Crippen molar-refractivity contribution in [1.82, 2.24) is 4.90 Å². The fourth-order valence-corrected chi connectivity index (χ4v) is 3.18. The monoisotopic (exact) mass is 363 g/mol. The summed E-state index contributed by atoms with van der Waals surface area (Å²) in [6.45, 7) is 0. The summed E-state index contributed by atoms with van der Waals surface area (Å²) in [4.78, 5) is 14.0. The molecule has 0 bridgehead atoms. The Kier molecular flexibility index (Phi) is 4.96. The summed E-state index contributed by atoms with van der Waals surface area (Å²) in [5, 5.41) is 0. The standard InChI is InChI=1S/C15H17BrF3NO/c1-20(11-5-3-2-4-6-11)14(21)10-7-8-13(16)12(9-10)15(17,18)19/h7-9,11H,2-6H2,1H3. The maximum Gasteiger partial charge on any atom is 0.417 e. The summed E-state index contributed by atoms with van der Waals surface area (Å²) in [5.74, 6) is -0.347. The van der Waals surface area contributed by atoms with Crippen molar-refractivity contribution in [2.75, 3.05) is 7.05 Å². The van der Waals surface area contributed by atoms with Crippen LogP contribution in [-0.2, 0) is 6.18 Å². The number of hydrogen-bond donors (Lipinski definition) is 0. The summed E-state index contributed by atoms with van der Waals surface area (Å²) in [7, 11) is 1.67. The molecule has 0 spiro atoms. The van der Waals surface area contributed by atoms with Gasteiger partial charge in [0.15, 0.2) is 0 Å². The summed E-state index contributed by atoms with van der Waals surface area (Å²) in [5.41, 5.74) is -0.732. The number of amides is 1. The molecule has 21 heavy (non-hydrogen) atoms. The quantitative estimate of drug-likeness (QED) is 0.733. The molecule has 0 unspecified atom stereocenters. The van der Waals surface area contributed by atoms with Crippen LogP contribution in [0.1, 0.15) is 48.0 Å². The molecule has 0 aliphatic heterocycles. The molecule has 0 radical (unpaired) electrons. The molecule has 0 heterocycles. The van der Waals surface area contributed by atoms with Crippen molar-refractivity contribution in [3.8, 4) is 0 Å². The van der Waals surface area contributed by atoms with Gasteiger partial charge in [0, 0.05) is 23.1 Å². The largest absolute Gasteiger partial charge is 0.417 e. The van der Waals surface area contributed by atoms with Crippen molar-refractivity contribution in [3.63, 3.8) is 0 Å². The SMILES string of the molecule is CN(C(=O)c1ccc(Br)c(C(F)(F)F)c1)C1CCCCC1. The van der Waals surface area contributed by atoms with Crippen LogP contribution < -0.4 is 0 Å². The topological polar surface area (TPSA) is 20.3 Å². The number of carbonyl (C=O) groups excluding carboxylic acids is 1. The van der Waals surface area contributed by atoms with Crippen LogP contribution in [0.3, 0.4) is 0 Å². The first-order valence-corrected chi connectivity index (χ1v) is 7.74. The Morgan fingerprint density at radius 2 is 1.86 bits per heavy atom. The van der Waals surface area contributed by atoms with Gasteiger partial charge in [-0.1, -0.05) is 35.2 Å². The summed E-state index contributed by atoms with van der Waals surface area (Å²) >= 11 is 2.88. The lowest BCUT2D eigenvalue weighted by atomic mass is 9.94. The molecular formula is C15H17BrF3NO. The molecule has 0 saturated heterocycles. The molecular weight excluding hydrogens is 347 g/mol. The molecule has 2 nitrogen and oxygen atoms in total. The van der Waals surface area contributed by atoms with Crippen molar-refractivity contribution in [2.45, 2.75) is 44.3 Å². The molecule has 2 rings (SSSR count). The maximum absolute atomic E-state index is 12.9. The molecule has 1 saturated carbocycles. The zero-order chi connectivity index (χ0) is 15.6. The van der Waals surface area contributed by atoms with E-state index in [0.29, 0.717) is 0 Å². The zero-order valence-electron chi connectivity index (χ0n) is 11.7. The molecule has 1 fully saturated rings. The van der Waals surface area contributed by atoms with Gasteiger partial charge in [0.1, 0.15) is 0 Å². The highest BCUT2D eigenvalue weighted by molar-refractivity contribution is 9.10. The smallest absolute Gasteiger partial charge is 0.339 e. The Balaban J connectivity index is 2.22. The molecule has 1 amide bonds. The molecule has 0 atom stereocenters. The van der Waals surface area contributed by atoms with Gasteiger partial charge in [0.2, 0.25) is 0 Å². The van der Waals surface area contributed by atoms with E-state index in [2.05, 4.69) is 15.9 Å². The number of alkyl halides is 3. The van der Waals surface area contributed by atoms with Crippen LogP contribution in [0, 0.1) is 0 Å². The molecule has 1 aromatic rings. The molecule has 1 aromatic carbocycles. The Hall–Kier alpha value is -1.04. The molecule has 0 aromatic heterocycles. The lowest BCUT2D eigenvalue weighted by molar-refractivity contribution is -0.138.